The van der Waals surface area contributed by atoms with E-state index in [0.29, 0.717) is 0 Å². The number of nitrogens with one attached hydrogen (secondary N) is 1. The van der Waals surface area contributed by atoms with E-state index in [1.807, 2.05) is 0 Å². The monoisotopic (exact) mass is 82.1 g/mol. The van der Waals surface area contributed by atoms with Gasteiger partial charge < -0.3 is 5.41 Å². The Bertz CT molecular complexity index is 63.6. The maximum Gasteiger partial charge on any atom is 0.0275 e. The zero-order valence-corrected chi connectivity index (χ0v) is 3.39. The Labute approximate surface area is 36.7 Å². The predicted molar refractivity (Wildman–Crippen MR) is 27.5 cm³/mol. The second kappa shape index (κ2) is 4.08. The molecule has 0 aliphatic heterocycles. The maximum atomic E-state index is 6.41. The summed E-state index contributed by atoms with van der Waals surface area (Å²) in [5, 5.41) is 6.41. The molecule has 6 heavy (non-hydrogen) atoms. The van der Waals surface area contributed by atoms with Gasteiger partial charge in [0.05, 0.1) is 0 Å². The standard InChI is InChI=1S/C4H6N2/c1-6-4-2-3-5/h2-5H,1H2. The molecule has 0 aromatic rings. The van der Waals surface area contributed by atoms with Crippen molar-refractivity contribution in [3.05, 3.63) is 12.3 Å². The van der Waals surface area contributed by atoms with E-state index in [2.05, 4.69) is 11.7 Å². The fourth-order valence-corrected chi connectivity index (χ4v) is 0.104. The maximum absolute atomic E-state index is 6.41. The van der Waals surface area contributed by atoms with E-state index >= 15 is 0 Å². The summed E-state index contributed by atoms with van der Waals surface area (Å²) in [7, 11) is 0. The molecule has 0 spiro atoms. The molecule has 0 amide bonds. The van der Waals surface area contributed by atoms with Crippen molar-refractivity contribution < 1.29 is 0 Å². The fourth-order valence-electron chi connectivity index (χ4n) is 0.104. The number of nitrogens with zero attached hydrogens (tertiary/aromatic N) is 1. The largest absolute Gasteiger partial charge is 0.309 e. The van der Waals surface area contributed by atoms with Gasteiger partial charge in [-0.25, -0.2) is 0 Å². The molecule has 0 radical (unpaired) electrons. The zero-order chi connectivity index (χ0) is 4.83. The molecule has 32 valence electrons. The van der Waals surface area contributed by atoms with Crippen molar-refractivity contribution in [3.63, 3.8) is 0 Å². The summed E-state index contributed by atoms with van der Waals surface area (Å²) in [5.41, 5.74) is 0. The summed E-state index contributed by atoms with van der Waals surface area (Å²) in [6, 6.07) is 0. The summed E-state index contributed by atoms with van der Waals surface area (Å²) in [6.45, 7) is 3.16. The molecule has 0 saturated carbocycles. The third-order valence-electron chi connectivity index (χ3n) is 0.288. The highest BCUT2D eigenvalue weighted by atomic mass is 14.6. The van der Waals surface area contributed by atoms with Gasteiger partial charge in [-0.15, -0.1) is 0 Å². The first-order valence-corrected chi connectivity index (χ1v) is 1.53. The molecule has 0 aromatic heterocycles. The zero-order valence-electron chi connectivity index (χ0n) is 3.39. The van der Waals surface area contributed by atoms with Gasteiger partial charge in [0.25, 0.3) is 0 Å². The van der Waals surface area contributed by atoms with Crippen molar-refractivity contribution in [2.45, 2.75) is 0 Å². The lowest BCUT2D eigenvalue weighted by Crippen LogP contribution is -1.51. The molecule has 0 heterocycles. The Morgan fingerprint density at radius 1 is 1.67 bits per heavy atom. The molecule has 0 saturated heterocycles. The lowest BCUT2D eigenvalue weighted by molar-refractivity contribution is 1.56. The second-order valence-electron chi connectivity index (χ2n) is 0.691. The lowest BCUT2D eigenvalue weighted by Gasteiger charge is -1.60. The van der Waals surface area contributed by atoms with Gasteiger partial charge >= 0.3 is 0 Å². The molecule has 0 unspecified atom stereocenters. The number of hydrogen-bond acceptors (Lipinski definition) is 2. The van der Waals surface area contributed by atoms with Crippen LogP contribution < -0.4 is 0 Å². The third kappa shape index (κ3) is 3.08. The highest BCUT2D eigenvalue weighted by molar-refractivity contribution is 5.67. The van der Waals surface area contributed by atoms with Crippen LogP contribution >= 0.6 is 0 Å². The molecule has 1 N–H and O–H groups in total. The van der Waals surface area contributed by atoms with Crippen LogP contribution in [0.5, 0.6) is 0 Å². The van der Waals surface area contributed by atoms with Crippen molar-refractivity contribution in [2.75, 3.05) is 0 Å². The van der Waals surface area contributed by atoms with Gasteiger partial charge in [0, 0.05) is 12.4 Å². The lowest BCUT2D eigenvalue weighted by atomic mass is 10.7. The molecular weight excluding hydrogens is 76.1 g/mol. The van der Waals surface area contributed by atoms with Crippen LogP contribution in [-0.2, 0) is 0 Å². The molecule has 0 atom stereocenters. The van der Waals surface area contributed by atoms with E-state index in [0.717, 1.165) is 6.21 Å². The van der Waals surface area contributed by atoms with Crippen LogP contribution in [0.1, 0.15) is 0 Å². The van der Waals surface area contributed by atoms with Gasteiger partial charge in [-0.1, -0.05) is 0 Å². The number of rotatable bonds is 2. The highest BCUT2D eigenvalue weighted by Crippen LogP contribution is 1.62. The van der Waals surface area contributed by atoms with Crippen molar-refractivity contribution >= 4 is 12.9 Å². The molecule has 0 fully saturated rings. The normalized spacial score (nSPS) is 8.67. The van der Waals surface area contributed by atoms with Crippen LogP contribution in [0.4, 0.5) is 0 Å². The Kier molecular flexibility index (Phi) is 3.45. The van der Waals surface area contributed by atoms with Crippen LogP contribution in [0.15, 0.2) is 17.3 Å². The van der Waals surface area contributed by atoms with Crippen molar-refractivity contribution in [1.82, 2.24) is 0 Å². The molecule has 0 aromatic carbocycles. The molecule has 0 rings (SSSR count). The van der Waals surface area contributed by atoms with Gasteiger partial charge in [0.1, 0.15) is 0 Å². The third-order valence-corrected chi connectivity index (χ3v) is 0.288. The Hall–Kier alpha value is -0.920. The smallest absolute Gasteiger partial charge is 0.0275 e. The van der Waals surface area contributed by atoms with Crippen LogP contribution in [0.2, 0.25) is 0 Å². The summed E-state index contributed by atoms with van der Waals surface area (Å²) < 4.78 is 0. The quantitative estimate of drug-likeness (QED) is 0.479. The minimum atomic E-state index is 1.15. The summed E-state index contributed by atoms with van der Waals surface area (Å²) in [5.74, 6) is 0. The van der Waals surface area contributed by atoms with Gasteiger partial charge in [-0.05, 0) is 12.8 Å². The van der Waals surface area contributed by atoms with E-state index in [-0.39, 0.29) is 0 Å². The molecule has 0 aliphatic rings. The van der Waals surface area contributed by atoms with E-state index in [1.54, 1.807) is 0 Å². The van der Waals surface area contributed by atoms with Crippen LogP contribution in [-0.4, -0.2) is 12.9 Å². The molecule has 2 nitrogen and oxygen atoms in total. The van der Waals surface area contributed by atoms with Crippen LogP contribution in [0.25, 0.3) is 0 Å². The van der Waals surface area contributed by atoms with Gasteiger partial charge in [-0.2, -0.15) is 0 Å². The first-order chi connectivity index (χ1) is 2.91. The number of aliphatic imine (C=N–C) groups is 1. The molecule has 2 heteroatoms. The SMILES string of the molecule is C=NC=CC=N. The first kappa shape index (κ1) is 5.08. The number of hydrogen-bond donors (Lipinski definition) is 1. The molecular formula is C4H6N2. The van der Waals surface area contributed by atoms with E-state index < -0.39 is 0 Å². The van der Waals surface area contributed by atoms with E-state index in [4.69, 9.17) is 5.41 Å². The summed E-state index contributed by atoms with van der Waals surface area (Å²) in [6.07, 6.45) is 4.09. The Morgan fingerprint density at radius 2 is 2.33 bits per heavy atom. The van der Waals surface area contributed by atoms with Gasteiger partial charge in [0.2, 0.25) is 0 Å². The fraction of sp³-hybridized carbons (Fsp3) is 0. The van der Waals surface area contributed by atoms with Gasteiger partial charge in [-0.3, -0.25) is 4.99 Å². The summed E-state index contributed by atoms with van der Waals surface area (Å²) >= 11 is 0. The summed E-state index contributed by atoms with van der Waals surface area (Å²) in [4.78, 5) is 3.34. The highest BCUT2D eigenvalue weighted by Gasteiger charge is 1.49. The number of allylic oxidation sites excluding steroid dienone is 1. The van der Waals surface area contributed by atoms with Crippen molar-refractivity contribution in [1.29, 1.82) is 5.41 Å². The van der Waals surface area contributed by atoms with Crippen LogP contribution in [0.3, 0.4) is 0 Å². The Balaban J connectivity index is 3.17. The van der Waals surface area contributed by atoms with E-state index in [9.17, 15) is 0 Å². The van der Waals surface area contributed by atoms with E-state index in [1.165, 1.54) is 12.3 Å². The minimum absolute atomic E-state index is 1.15. The first-order valence-electron chi connectivity index (χ1n) is 1.53. The average molecular weight is 82.1 g/mol. The van der Waals surface area contributed by atoms with Crippen molar-refractivity contribution in [2.24, 2.45) is 4.99 Å². The van der Waals surface area contributed by atoms with Gasteiger partial charge in [0.15, 0.2) is 0 Å². The molecule has 0 bridgehead atoms. The Morgan fingerprint density at radius 3 is 2.50 bits per heavy atom. The average Bonchev–Trinajstić information content (AvgIpc) is 1.61. The minimum Gasteiger partial charge on any atom is -0.309 e. The van der Waals surface area contributed by atoms with Crippen molar-refractivity contribution in [3.8, 4) is 0 Å². The topological polar surface area (TPSA) is 36.2 Å². The van der Waals surface area contributed by atoms with Crippen LogP contribution in [0, 0.1) is 5.41 Å². The predicted octanol–water partition coefficient (Wildman–Crippen LogP) is 0.850. The molecule has 0 aliphatic carbocycles. The second-order valence-corrected chi connectivity index (χ2v) is 0.691.